The Kier molecular flexibility index (Phi) is 4.92. The molecule has 2 aromatic heterocycles. The van der Waals surface area contributed by atoms with Crippen molar-refractivity contribution in [3.63, 3.8) is 0 Å². The number of H-pyrrole nitrogens is 1. The van der Waals surface area contributed by atoms with Crippen LogP contribution in [0.15, 0.2) is 29.2 Å². The van der Waals surface area contributed by atoms with Crippen LogP contribution in [-0.2, 0) is 12.8 Å². The maximum atomic E-state index is 12.6. The van der Waals surface area contributed by atoms with E-state index in [-0.39, 0.29) is 5.56 Å². The van der Waals surface area contributed by atoms with E-state index in [9.17, 15) is 4.79 Å². The lowest BCUT2D eigenvalue weighted by Gasteiger charge is -2.28. The fourth-order valence-corrected chi connectivity index (χ4v) is 4.20. The van der Waals surface area contributed by atoms with E-state index in [2.05, 4.69) is 14.9 Å². The van der Waals surface area contributed by atoms with Crippen LogP contribution in [0.3, 0.4) is 0 Å². The zero-order valence-electron chi connectivity index (χ0n) is 14.7. The molecule has 0 atom stereocenters. The Labute approximate surface area is 148 Å². The van der Waals surface area contributed by atoms with Gasteiger partial charge < -0.3 is 9.88 Å². The molecule has 1 N–H and O–H groups in total. The lowest BCUT2D eigenvalue weighted by Crippen LogP contribution is -2.32. The highest BCUT2D eigenvalue weighted by Crippen LogP contribution is 2.25. The first-order valence-electron chi connectivity index (χ1n) is 9.55. The third kappa shape index (κ3) is 3.82. The van der Waals surface area contributed by atoms with Gasteiger partial charge in [0.15, 0.2) is 5.82 Å². The number of nitrogens with one attached hydrogen (secondary N) is 1. The number of pyridine rings is 1. The molecule has 2 aliphatic rings. The molecule has 0 bridgehead atoms. The Morgan fingerprint density at radius 2 is 1.96 bits per heavy atom. The van der Waals surface area contributed by atoms with E-state index in [0.29, 0.717) is 5.82 Å². The minimum absolute atomic E-state index is 0.00479. The van der Waals surface area contributed by atoms with Gasteiger partial charge in [0, 0.05) is 37.8 Å². The van der Waals surface area contributed by atoms with Crippen LogP contribution in [0.4, 0.5) is 0 Å². The highest BCUT2D eigenvalue weighted by atomic mass is 16.1. The molecule has 0 saturated heterocycles. The Morgan fingerprint density at radius 1 is 1.12 bits per heavy atom. The zero-order valence-corrected chi connectivity index (χ0v) is 14.7. The molecule has 0 spiro atoms. The van der Waals surface area contributed by atoms with Crippen LogP contribution in [0, 0.1) is 5.92 Å². The number of fused-ring (bicyclic) bond motifs is 1. The lowest BCUT2D eigenvalue weighted by atomic mass is 9.89. The summed E-state index contributed by atoms with van der Waals surface area (Å²) in [7, 11) is 0. The first-order valence-corrected chi connectivity index (χ1v) is 9.55. The summed E-state index contributed by atoms with van der Waals surface area (Å²) in [5.74, 6) is 1.43. The number of aromatic nitrogens is 3. The van der Waals surface area contributed by atoms with Gasteiger partial charge in [-0.05, 0) is 37.3 Å². The molecular formula is C20H26N4O. The van der Waals surface area contributed by atoms with Crippen molar-refractivity contribution in [2.75, 3.05) is 19.6 Å². The molecule has 132 valence electrons. The first-order chi connectivity index (χ1) is 12.3. The summed E-state index contributed by atoms with van der Waals surface area (Å²) in [6.07, 6.45) is 10.3. The van der Waals surface area contributed by atoms with E-state index in [4.69, 9.17) is 4.98 Å². The Morgan fingerprint density at radius 3 is 2.76 bits per heavy atom. The predicted molar refractivity (Wildman–Crippen MR) is 98.5 cm³/mol. The van der Waals surface area contributed by atoms with Crippen molar-refractivity contribution in [3.8, 4) is 11.5 Å². The zero-order chi connectivity index (χ0) is 17.1. The summed E-state index contributed by atoms with van der Waals surface area (Å²) >= 11 is 0. The van der Waals surface area contributed by atoms with Crippen molar-refractivity contribution in [2.45, 2.75) is 44.9 Å². The normalized spacial score (nSPS) is 19.4. The van der Waals surface area contributed by atoms with Crippen molar-refractivity contribution < 1.29 is 0 Å². The third-order valence-electron chi connectivity index (χ3n) is 5.59. The average molecular weight is 338 g/mol. The number of nitrogens with zero attached hydrogens (tertiary/aromatic N) is 3. The molecule has 3 heterocycles. The molecule has 0 radical (unpaired) electrons. The maximum absolute atomic E-state index is 12.6. The van der Waals surface area contributed by atoms with E-state index in [1.165, 1.54) is 38.6 Å². The van der Waals surface area contributed by atoms with Gasteiger partial charge in [0.05, 0.1) is 5.69 Å². The highest BCUT2D eigenvalue weighted by Gasteiger charge is 2.22. The van der Waals surface area contributed by atoms with Crippen LogP contribution in [0.5, 0.6) is 0 Å². The largest absolute Gasteiger partial charge is 0.305 e. The molecular weight excluding hydrogens is 312 g/mol. The highest BCUT2D eigenvalue weighted by molar-refractivity contribution is 5.49. The minimum Gasteiger partial charge on any atom is -0.305 e. The van der Waals surface area contributed by atoms with Crippen LogP contribution in [0.1, 0.15) is 43.4 Å². The quantitative estimate of drug-likeness (QED) is 0.935. The van der Waals surface area contributed by atoms with Crippen LogP contribution in [0.2, 0.25) is 0 Å². The summed E-state index contributed by atoms with van der Waals surface area (Å²) < 4.78 is 0. The Bertz CT molecular complexity index is 765. The molecule has 4 rings (SSSR count). The SMILES string of the molecule is O=c1[nH]c(-c2ccccn2)nc2c1CCN(CC1CCCCC1)CC2. The third-order valence-corrected chi connectivity index (χ3v) is 5.59. The number of hydrogen-bond donors (Lipinski definition) is 1. The fraction of sp³-hybridized carbons (Fsp3) is 0.550. The molecule has 1 fully saturated rings. The van der Waals surface area contributed by atoms with E-state index in [1.54, 1.807) is 6.20 Å². The Hall–Kier alpha value is -2.01. The smallest absolute Gasteiger partial charge is 0.254 e. The van der Waals surface area contributed by atoms with Gasteiger partial charge in [0.25, 0.3) is 5.56 Å². The second-order valence-electron chi connectivity index (χ2n) is 7.36. The molecule has 1 aliphatic heterocycles. The standard InChI is InChI=1S/C20H26N4O/c25-20-16-9-12-24(14-15-6-2-1-3-7-15)13-10-17(16)22-19(23-20)18-8-4-5-11-21-18/h4-5,8,11,15H,1-3,6-7,9-10,12-14H2,(H,22,23,25). The second-order valence-corrected chi connectivity index (χ2v) is 7.36. The van der Waals surface area contributed by atoms with Crippen molar-refractivity contribution in [1.82, 2.24) is 19.9 Å². The van der Waals surface area contributed by atoms with Gasteiger partial charge in [-0.1, -0.05) is 25.3 Å². The molecule has 25 heavy (non-hydrogen) atoms. The molecule has 5 nitrogen and oxygen atoms in total. The number of aromatic amines is 1. The van der Waals surface area contributed by atoms with Crippen LogP contribution >= 0.6 is 0 Å². The molecule has 0 aromatic carbocycles. The molecule has 0 amide bonds. The van der Waals surface area contributed by atoms with Gasteiger partial charge in [-0.25, -0.2) is 4.98 Å². The van der Waals surface area contributed by atoms with Crippen LogP contribution in [-0.4, -0.2) is 39.5 Å². The van der Waals surface area contributed by atoms with Gasteiger partial charge in [-0.2, -0.15) is 0 Å². The molecule has 0 unspecified atom stereocenters. The summed E-state index contributed by atoms with van der Waals surface area (Å²) in [5.41, 5.74) is 2.55. The second kappa shape index (κ2) is 7.48. The first kappa shape index (κ1) is 16.5. The van der Waals surface area contributed by atoms with E-state index < -0.39 is 0 Å². The van der Waals surface area contributed by atoms with E-state index in [0.717, 1.165) is 48.8 Å². The van der Waals surface area contributed by atoms with Gasteiger partial charge in [-0.15, -0.1) is 0 Å². The molecule has 1 saturated carbocycles. The molecule has 1 aliphatic carbocycles. The van der Waals surface area contributed by atoms with Gasteiger partial charge in [-0.3, -0.25) is 9.78 Å². The van der Waals surface area contributed by atoms with Crippen LogP contribution < -0.4 is 5.56 Å². The maximum Gasteiger partial charge on any atom is 0.254 e. The Balaban J connectivity index is 1.51. The van der Waals surface area contributed by atoms with Crippen molar-refractivity contribution in [1.29, 1.82) is 0 Å². The van der Waals surface area contributed by atoms with Crippen molar-refractivity contribution >= 4 is 0 Å². The number of hydrogen-bond acceptors (Lipinski definition) is 4. The lowest BCUT2D eigenvalue weighted by molar-refractivity contribution is 0.207. The summed E-state index contributed by atoms with van der Waals surface area (Å²) in [6, 6.07) is 5.67. The van der Waals surface area contributed by atoms with Crippen molar-refractivity contribution in [3.05, 3.63) is 46.0 Å². The molecule has 2 aromatic rings. The van der Waals surface area contributed by atoms with E-state index >= 15 is 0 Å². The minimum atomic E-state index is 0.00479. The van der Waals surface area contributed by atoms with Crippen LogP contribution in [0.25, 0.3) is 11.5 Å². The topological polar surface area (TPSA) is 61.9 Å². The summed E-state index contributed by atoms with van der Waals surface area (Å²) in [4.78, 5) is 27.1. The van der Waals surface area contributed by atoms with Gasteiger partial charge in [0.1, 0.15) is 5.69 Å². The van der Waals surface area contributed by atoms with Gasteiger partial charge in [0.2, 0.25) is 0 Å². The monoisotopic (exact) mass is 338 g/mol. The van der Waals surface area contributed by atoms with Gasteiger partial charge >= 0.3 is 0 Å². The predicted octanol–water partition coefficient (Wildman–Crippen LogP) is 2.81. The summed E-state index contributed by atoms with van der Waals surface area (Å²) in [5, 5.41) is 0. The number of rotatable bonds is 3. The average Bonchev–Trinajstić information content (AvgIpc) is 2.86. The van der Waals surface area contributed by atoms with E-state index in [1.807, 2.05) is 18.2 Å². The molecule has 5 heteroatoms. The van der Waals surface area contributed by atoms with Crippen molar-refractivity contribution in [2.24, 2.45) is 5.92 Å². The summed E-state index contributed by atoms with van der Waals surface area (Å²) in [6.45, 7) is 3.15. The fourth-order valence-electron chi connectivity index (χ4n) is 4.20.